The van der Waals surface area contributed by atoms with E-state index >= 15 is 0 Å². The molecule has 0 aliphatic rings. The quantitative estimate of drug-likeness (QED) is 0.772. The van der Waals surface area contributed by atoms with Crippen LogP contribution in [0.4, 0.5) is 14.9 Å². The van der Waals surface area contributed by atoms with E-state index in [1.54, 1.807) is 0 Å². The van der Waals surface area contributed by atoms with E-state index in [2.05, 4.69) is 10.6 Å². The van der Waals surface area contributed by atoms with Gasteiger partial charge in [0.15, 0.2) is 0 Å². The van der Waals surface area contributed by atoms with Crippen LogP contribution in [0.5, 0.6) is 0 Å². The molecule has 1 aromatic carbocycles. The van der Waals surface area contributed by atoms with Crippen molar-refractivity contribution in [1.82, 2.24) is 5.32 Å². The number of hydrogen-bond donors (Lipinski definition) is 3. The van der Waals surface area contributed by atoms with Crippen LogP contribution >= 0.6 is 0 Å². The van der Waals surface area contributed by atoms with Crippen LogP contribution < -0.4 is 10.6 Å². The summed E-state index contributed by atoms with van der Waals surface area (Å²) in [5, 5.41) is 13.7. The van der Waals surface area contributed by atoms with Gasteiger partial charge in [0, 0.05) is 11.7 Å². The van der Waals surface area contributed by atoms with Gasteiger partial charge in [0.2, 0.25) is 0 Å². The van der Waals surface area contributed by atoms with Crippen molar-refractivity contribution in [2.75, 3.05) is 5.32 Å². The molecular formula is C12H15FN2O3. The number of carbonyl (C=O) groups is 2. The molecule has 6 heteroatoms. The molecule has 0 aliphatic heterocycles. The summed E-state index contributed by atoms with van der Waals surface area (Å²) in [4.78, 5) is 22.1. The predicted octanol–water partition coefficient (Wildman–Crippen LogP) is 2.44. The zero-order valence-corrected chi connectivity index (χ0v) is 10.2. The van der Waals surface area contributed by atoms with Crippen LogP contribution in [0.15, 0.2) is 18.2 Å². The van der Waals surface area contributed by atoms with Crippen molar-refractivity contribution >= 4 is 17.7 Å². The molecule has 98 valence electrons. The van der Waals surface area contributed by atoms with Gasteiger partial charge in [-0.1, -0.05) is 6.92 Å². The monoisotopic (exact) mass is 254 g/mol. The molecule has 0 aliphatic carbocycles. The Hall–Kier alpha value is -2.11. The van der Waals surface area contributed by atoms with Gasteiger partial charge in [-0.15, -0.1) is 0 Å². The molecule has 0 spiro atoms. The number of urea groups is 1. The van der Waals surface area contributed by atoms with Gasteiger partial charge >= 0.3 is 12.0 Å². The minimum atomic E-state index is -1.34. The highest BCUT2D eigenvalue weighted by Crippen LogP contribution is 2.14. The molecule has 0 saturated carbocycles. The molecule has 5 nitrogen and oxygen atoms in total. The van der Waals surface area contributed by atoms with E-state index < -0.39 is 23.4 Å². The Morgan fingerprint density at radius 1 is 1.44 bits per heavy atom. The number of amides is 2. The molecule has 0 heterocycles. The van der Waals surface area contributed by atoms with Crippen LogP contribution in [0.25, 0.3) is 0 Å². The third kappa shape index (κ3) is 3.73. The maximum Gasteiger partial charge on any atom is 0.338 e. The fraction of sp³-hybridized carbons (Fsp3) is 0.333. The van der Waals surface area contributed by atoms with Crippen molar-refractivity contribution in [3.8, 4) is 0 Å². The molecule has 1 aromatic rings. The molecule has 0 bridgehead atoms. The van der Waals surface area contributed by atoms with E-state index in [-0.39, 0.29) is 11.7 Å². The molecule has 2 amide bonds. The molecule has 0 aromatic heterocycles. The number of nitrogens with one attached hydrogen (secondary N) is 2. The number of carbonyl (C=O) groups excluding carboxylic acids is 1. The Morgan fingerprint density at radius 3 is 2.61 bits per heavy atom. The van der Waals surface area contributed by atoms with Gasteiger partial charge in [-0.2, -0.15) is 0 Å². The first kappa shape index (κ1) is 14.0. The Morgan fingerprint density at radius 2 is 2.11 bits per heavy atom. The number of benzene rings is 1. The van der Waals surface area contributed by atoms with Crippen molar-refractivity contribution in [1.29, 1.82) is 0 Å². The minimum absolute atomic E-state index is 0.00754. The lowest BCUT2D eigenvalue weighted by molar-refractivity contribution is 0.0692. The van der Waals surface area contributed by atoms with Gasteiger partial charge < -0.3 is 15.7 Å². The van der Waals surface area contributed by atoms with Gasteiger partial charge in [0.1, 0.15) is 5.82 Å². The fourth-order valence-electron chi connectivity index (χ4n) is 1.26. The standard InChI is InChI=1S/C12H15FN2O3/c1-3-7(2)14-12(18)15-8-4-5-9(11(16)17)10(13)6-8/h4-7H,3H2,1-2H3,(H,16,17)(H2,14,15,18). The topological polar surface area (TPSA) is 78.4 Å². The third-order valence-electron chi connectivity index (χ3n) is 2.45. The Labute approximate surface area is 104 Å². The SMILES string of the molecule is CCC(C)NC(=O)Nc1ccc(C(=O)O)c(F)c1. The maximum absolute atomic E-state index is 13.3. The zero-order valence-electron chi connectivity index (χ0n) is 10.2. The number of aromatic carboxylic acids is 1. The average molecular weight is 254 g/mol. The van der Waals surface area contributed by atoms with Gasteiger partial charge in [-0.05, 0) is 31.5 Å². The van der Waals surface area contributed by atoms with E-state index in [0.717, 1.165) is 18.6 Å². The van der Waals surface area contributed by atoms with E-state index in [1.165, 1.54) is 6.07 Å². The number of hydrogen-bond acceptors (Lipinski definition) is 2. The van der Waals surface area contributed by atoms with Crippen LogP contribution in [0.2, 0.25) is 0 Å². The summed E-state index contributed by atoms with van der Waals surface area (Å²) in [7, 11) is 0. The maximum atomic E-state index is 13.3. The summed E-state index contributed by atoms with van der Waals surface area (Å²) in [6, 6.07) is 2.97. The molecule has 0 saturated heterocycles. The van der Waals surface area contributed by atoms with Crippen LogP contribution in [0.3, 0.4) is 0 Å². The van der Waals surface area contributed by atoms with Crippen molar-refractivity contribution in [2.24, 2.45) is 0 Å². The molecule has 1 rings (SSSR count). The van der Waals surface area contributed by atoms with Gasteiger partial charge in [-0.3, -0.25) is 0 Å². The van der Waals surface area contributed by atoms with E-state index in [9.17, 15) is 14.0 Å². The number of carboxylic acids is 1. The number of carboxylic acid groups (broad SMARTS) is 1. The van der Waals surface area contributed by atoms with E-state index in [1.807, 2.05) is 13.8 Å². The van der Waals surface area contributed by atoms with Crippen molar-refractivity contribution in [3.05, 3.63) is 29.6 Å². The largest absolute Gasteiger partial charge is 0.478 e. The number of rotatable bonds is 4. The molecule has 0 fully saturated rings. The zero-order chi connectivity index (χ0) is 13.7. The van der Waals surface area contributed by atoms with Gasteiger partial charge in [-0.25, -0.2) is 14.0 Å². The van der Waals surface area contributed by atoms with E-state index in [0.29, 0.717) is 0 Å². The van der Waals surface area contributed by atoms with E-state index in [4.69, 9.17) is 5.11 Å². The second kappa shape index (κ2) is 6.00. The molecule has 0 radical (unpaired) electrons. The summed E-state index contributed by atoms with van der Waals surface area (Å²) in [6.07, 6.45) is 0.778. The molecule has 18 heavy (non-hydrogen) atoms. The fourth-order valence-corrected chi connectivity index (χ4v) is 1.26. The van der Waals surface area contributed by atoms with Crippen LogP contribution in [0.1, 0.15) is 30.6 Å². The van der Waals surface area contributed by atoms with Crippen molar-refractivity contribution in [3.63, 3.8) is 0 Å². The summed E-state index contributed by atoms with van der Waals surface area (Å²) < 4.78 is 13.3. The van der Waals surface area contributed by atoms with Crippen molar-refractivity contribution in [2.45, 2.75) is 26.3 Å². The van der Waals surface area contributed by atoms with Crippen molar-refractivity contribution < 1.29 is 19.1 Å². The Bertz CT molecular complexity index is 463. The summed E-state index contributed by atoms with van der Waals surface area (Å²) in [6.45, 7) is 3.76. The van der Waals surface area contributed by atoms with Gasteiger partial charge in [0.05, 0.1) is 5.56 Å². The van der Waals surface area contributed by atoms with Crippen LogP contribution in [0, 0.1) is 5.82 Å². The normalized spacial score (nSPS) is 11.7. The number of halogens is 1. The first-order valence-corrected chi connectivity index (χ1v) is 5.54. The lowest BCUT2D eigenvalue weighted by Crippen LogP contribution is -2.35. The van der Waals surface area contributed by atoms with Crippen LogP contribution in [-0.2, 0) is 0 Å². The molecule has 1 atom stereocenters. The molecular weight excluding hydrogens is 239 g/mol. The second-order valence-corrected chi connectivity index (χ2v) is 3.91. The summed E-state index contributed by atoms with van der Waals surface area (Å²) in [5.74, 6) is -2.23. The summed E-state index contributed by atoms with van der Waals surface area (Å²) in [5.41, 5.74) is -0.221. The predicted molar refractivity (Wildman–Crippen MR) is 65.3 cm³/mol. The highest BCUT2D eigenvalue weighted by molar-refractivity contribution is 5.91. The number of anilines is 1. The average Bonchev–Trinajstić information content (AvgIpc) is 2.28. The first-order valence-electron chi connectivity index (χ1n) is 5.54. The smallest absolute Gasteiger partial charge is 0.338 e. The van der Waals surface area contributed by atoms with Crippen LogP contribution in [-0.4, -0.2) is 23.1 Å². The lowest BCUT2D eigenvalue weighted by Gasteiger charge is -2.12. The summed E-state index contributed by atoms with van der Waals surface area (Å²) >= 11 is 0. The first-order chi connectivity index (χ1) is 8.43. The third-order valence-corrected chi connectivity index (χ3v) is 2.45. The highest BCUT2D eigenvalue weighted by atomic mass is 19.1. The second-order valence-electron chi connectivity index (χ2n) is 3.91. The minimum Gasteiger partial charge on any atom is -0.478 e. The molecule has 3 N–H and O–H groups in total. The Balaban J connectivity index is 2.72. The molecule has 1 unspecified atom stereocenters. The highest BCUT2D eigenvalue weighted by Gasteiger charge is 2.12. The Kier molecular flexibility index (Phi) is 4.65. The van der Waals surface area contributed by atoms with Gasteiger partial charge in [0.25, 0.3) is 0 Å². The lowest BCUT2D eigenvalue weighted by atomic mass is 10.2.